The van der Waals surface area contributed by atoms with Gasteiger partial charge in [-0.2, -0.15) is 11.3 Å². The Balaban J connectivity index is 1.78. The van der Waals surface area contributed by atoms with E-state index in [-0.39, 0.29) is 17.3 Å². The molecule has 0 atom stereocenters. The molecule has 0 N–H and O–H groups in total. The number of ketones is 1. The lowest BCUT2D eigenvalue weighted by atomic mass is 10.1. The van der Waals surface area contributed by atoms with Gasteiger partial charge in [0.1, 0.15) is 0 Å². The second-order valence-corrected chi connectivity index (χ2v) is 7.26. The van der Waals surface area contributed by atoms with Gasteiger partial charge in [0.2, 0.25) is 0 Å². The number of thiophene rings is 1. The predicted molar refractivity (Wildman–Crippen MR) is 68.4 cm³/mol. The summed E-state index contributed by atoms with van der Waals surface area (Å²) in [6.45, 7) is 1.77. The molecule has 0 unspecified atom stereocenters. The maximum absolute atomic E-state index is 11.7. The van der Waals surface area contributed by atoms with Gasteiger partial charge in [0.25, 0.3) is 0 Å². The number of Topliss-reactive ketones (excluding diaryl/α,β-unsaturated/α-hetero) is 1. The van der Waals surface area contributed by atoms with Crippen molar-refractivity contribution < 1.29 is 13.2 Å². The monoisotopic (exact) mass is 273 g/mol. The molecule has 1 aliphatic heterocycles. The van der Waals surface area contributed by atoms with Gasteiger partial charge >= 0.3 is 0 Å². The number of carbonyl (C=O) groups excluding carboxylic acids is 1. The first-order valence-corrected chi connectivity index (χ1v) is 8.31. The Labute approximate surface area is 105 Å². The van der Waals surface area contributed by atoms with Crippen molar-refractivity contribution in [3.63, 3.8) is 0 Å². The molecule has 4 nitrogen and oxygen atoms in total. The number of hydrogen-bond acceptors (Lipinski definition) is 5. The van der Waals surface area contributed by atoms with Gasteiger partial charge in [0.15, 0.2) is 15.6 Å². The minimum atomic E-state index is -2.82. The van der Waals surface area contributed by atoms with Crippen LogP contribution in [0, 0.1) is 0 Å². The largest absolute Gasteiger partial charge is 0.301 e. The van der Waals surface area contributed by atoms with Gasteiger partial charge < -0.3 is 4.90 Å². The summed E-state index contributed by atoms with van der Waals surface area (Å²) >= 11 is 1.52. The molecule has 0 aliphatic carbocycles. The maximum atomic E-state index is 11.7. The average molecular weight is 273 g/mol. The van der Waals surface area contributed by atoms with Crippen LogP contribution >= 0.6 is 11.3 Å². The third-order valence-corrected chi connectivity index (χ3v) is 5.23. The van der Waals surface area contributed by atoms with Gasteiger partial charge in [-0.05, 0) is 11.4 Å². The van der Waals surface area contributed by atoms with Gasteiger partial charge in [-0.25, -0.2) is 8.42 Å². The van der Waals surface area contributed by atoms with Crippen LogP contribution < -0.4 is 0 Å². The summed E-state index contributed by atoms with van der Waals surface area (Å²) in [7, 11) is -2.82. The van der Waals surface area contributed by atoms with Crippen molar-refractivity contribution in [2.45, 2.75) is 6.42 Å². The molecule has 94 valence electrons. The van der Waals surface area contributed by atoms with Crippen LogP contribution in [0.15, 0.2) is 16.8 Å². The zero-order valence-corrected chi connectivity index (χ0v) is 11.1. The van der Waals surface area contributed by atoms with Crippen molar-refractivity contribution in [2.24, 2.45) is 0 Å². The highest BCUT2D eigenvalue weighted by Gasteiger charge is 2.21. The van der Waals surface area contributed by atoms with Gasteiger partial charge in [-0.3, -0.25) is 4.79 Å². The highest BCUT2D eigenvalue weighted by molar-refractivity contribution is 7.91. The molecule has 0 saturated carbocycles. The molecular formula is C11H15NO3S2. The molecule has 1 fully saturated rings. The van der Waals surface area contributed by atoms with Crippen LogP contribution in [0.2, 0.25) is 0 Å². The highest BCUT2D eigenvalue weighted by atomic mass is 32.2. The van der Waals surface area contributed by atoms with Crippen LogP contribution in [-0.4, -0.2) is 50.2 Å². The van der Waals surface area contributed by atoms with Crippen LogP contribution in [-0.2, 0) is 9.84 Å². The SMILES string of the molecule is O=C(CCN1CCS(=O)(=O)CC1)c1ccsc1. The van der Waals surface area contributed by atoms with E-state index in [0.717, 1.165) is 5.56 Å². The van der Waals surface area contributed by atoms with Crippen molar-refractivity contribution in [1.82, 2.24) is 4.90 Å². The maximum Gasteiger partial charge on any atom is 0.164 e. The molecule has 0 amide bonds. The lowest BCUT2D eigenvalue weighted by Crippen LogP contribution is -2.41. The molecule has 0 radical (unpaired) electrons. The fraction of sp³-hybridized carbons (Fsp3) is 0.545. The molecule has 0 bridgehead atoms. The van der Waals surface area contributed by atoms with E-state index < -0.39 is 9.84 Å². The van der Waals surface area contributed by atoms with E-state index in [0.29, 0.717) is 26.1 Å². The number of nitrogens with zero attached hydrogens (tertiary/aromatic N) is 1. The molecule has 1 aromatic heterocycles. The Morgan fingerprint density at radius 3 is 2.65 bits per heavy atom. The number of rotatable bonds is 4. The summed E-state index contributed by atoms with van der Waals surface area (Å²) in [5, 5.41) is 3.74. The Kier molecular flexibility index (Phi) is 3.96. The quantitative estimate of drug-likeness (QED) is 0.770. The number of sulfone groups is 1. The molecule has 0 aromatic carbocycles. The Bertz CT molecular complexity index is 465. The molecule has 2 rings (SSSR count). The number of hydrogen-bond donors (Lipinski definition) is 0. The third kappa shape index (κ3) is 3.62. The topological polar surface area (TPSA) is 54.5 Å². The highest BCUT2D eigenvalue weighted by Crippen LogP contribution is 2.10. The summed E-state index contributed by atoms with van der Waals surface area (Å²) in [4.78, 5) is 13.8. The van der Waals surface area contributed by atoms with E-state index in [1.807, 2.05) is 21.7 Å². The van der Waals surface area contributed by atoms with Crippen LogP contribution in [0.1, 0.15) is 16.8 Å². The van der Waals surface area contributed by atoms with E-state index in [1.54, 1.807) is 0 Å². The molecule has 1 saturated heterocycles. The van der Waals surface area contributed by atoms with E-state index in [9.17, 15) is 13.2 Å². The van der Waals surface area contributed by atoms with Crippen molar-refractivity contribution in [1.29, 1.82) is 0 Å². The van der Waals surface area contributed by atoms with E-state index in [4.69, 9.17) is 0 Å². The van der Waals surface area contributed by atoms with Crippen LogP contribution in [0.3, 0.4) is 0 Å². The number of carbonyl (C=O) groups is 1. The van der Waals surface area contributed by atoms with Crippen molar-refractivity contribution in [2.75, 3.05) is 31.1 Å². The normalized spacial score (nSPS) is 20.2. The molecular weight excluding hydrogens is 258 g/mol. The molecule has 0 spiro atoms. The first-order valence-electron chi connectivity index (χ1n) is 5.55. The minimum Gasteiger partial charge on any atom is -0.301 e. The summed E-state index contributed by atoms with van der Waals surface area (Å²) in [5.41, 5.74) is 0.764. The zero-order valence-electron chi connectivity index (χ0n) is 9.46. The minimum absolute atomic E-state index is 0.139. The second-order valence-electron chi connectivity index (χ2n) is 4.18. The average Bonchev–Trinajstić information content (AvgIpc) is 2.80. The van der Waals surface area contributed by atoms with Crippen LogP contribution in [0.4, 0.5) is 0 Å². The summed E-state index contributed by atoms with van der Waals surface area (Å²) in [5.74, 6) is 0.582. The van der Waals surface area contributed by atoms with Gasteiger partial charge in [-0.1, -0.05) is 0 Å². The molecule has 1 aliphatic rings. The summed E-state index contributed by atoms with van der Waals surface area (Å²) in [6, 6.07) is 1.83. The predicted octanol–water partition coefficient (Wildman–Crippen LogP) is 1.05. The van der Waals surface area contributed by atoms with Gasteiger partial charge in [0.05, 0.1) is 11.5 Å². The van der Waals surface area contributed by atoms with E-state index >= 15 is 0 Å². The third-order valence-electron chi connectivity index (χ3n) is 2.94. The lowest BCUT2D eigenvalue weighted by Gasteiger charge is -2.25. The second kappa shape index (κ2) is 5.29. The van der Waals surface area contributed by atoms with Crippen molar-refractivity contribution in [3.8, 4) is 0 Å². The molecule has 1 aromatic rings. The first kappa shape index (κ1) is 12.7. The molecule has 6 heteroatoms. The fourth-order valence-electron chi connectivity index (χ4n) is 1.80. The van der Waals surface area contributed by atoms with E-state index in [1.165, 1.54) is 11.3 Å². The van der Waals surface area contributed by atoms with Crippen molar-refractivity contribution >= 4 is 27.0 Å². The first-order chi connectivity index (χ1) is 8.07. The smallest absolute Gasteiger partial charge is 0.164 e. The lowest BCUT2D eigenvalue weighted by molar-refractivity contribution is 0.0966. The summed E-state index contributed by atoms with van der Waals surface area (Å²) in [6.07, 6.45) is 0.469. The zero-order chi connectivity index (χ0) is 12.3. The van der Waals surface area contributed by atoms with Crippen LogP contribution in [0.25, 0.3) is 0 Å². The summed E-state index contributed by atoms with van der Waals surface area (Å²) < 4.78 is 22.5. The van der Waals surface area contributed by atoms with Gasteiger partial charge in [-0.15, -0.1) is 0 Å². The molecule has 2 heterocycles. The Morgan fingerprint density at radius 2 is 2.06 bits per heavy atom. The fourth-order valence-corrected chi connectivity index (χ4v) is 3.74. The van der Waals surface area contributed by atoms with E-state index in [2.05, 4.69) is 0 Å². The van der Waals surface area contributed by atoms with Gasteiger partial charge in [0, 0.05) is 37.0 Å². The Morgan fingerprint density at radius 1 is 1.35 bits per heavy atom. The standard InChI is InChI=1S/C11H15NO3S2/c13-11(10-2-6-16-9-10)1-3-12-4-7-17(14,15)8-5-12/h2,6,9H,1,3-5,7-8H2. The van der Waals surface area contributed by atoms with Crippen LogP contribution in [0.5, 0.6) is 0 Å². The molecule has 17 heavy (non-hydrogen) atoms. The van der Waals surface area contributed by atoms with Crippen molar-refractivity contribution in [3.05, 3.63) is 22.4 Å². The Hall–Kier alpha value is -0.720.